The second-order valence-electron chi connectivity index (χ2n) is 6.26. The average Bonchev–Trinajstić information content (AvgIpc) is 2.54. The number of benzene rings is 1. The number of nitrogens with zero attached hydrogens (tertiary/aromatic N) is 2. The molecular weight excluding hydrogens is 332 g/mol. The molecule has 9 heteroatoms. The second-order valence-corrected chi connectivity index (χ2v) is 7.96. The largest absolute Gasteiger partial charge is 0.336 e. The summed E-state index contributed by atoms with van der Waals surface area (Å²) in [5, 5.41) is 16.1. The summed E-state index contributed by atoms with van der Waals surface area (Å²) in [5.41, 5.74) is 0.0345. The first-order valence-electron chi connectivity index (χ1n) is 7.67. The molecule has 1 aromatic rings. The molecule has 1 aliphatic rings. The van der Waals surface area contributed by atoms with E-state index >= 15 is 0 Å². The number of urea groups is 1. The summed E-state index contributed by atoms with van der Waals surface area (Å²) in [6, 6.07) is 5.38. The average molecular weight is 354 g/mol. The van der Waals surface area contributed by atoms with Crippen LogP contribution in [0.1, 0.15) is 13.8 Å². The maximum atomic E-state index is 12.0. The predicted octanol–water partition coefficient (Wildman–Crippen LogP) is 1.56. The summed E-state index contributed by atoms with van der Waals surface area (Å²) in [4.78, 5) is 24.5. The Morgan fingerprint density at radius 2 is 2.04 bits per heavy atom. The van der Waals surface area contributed by atoms with Crippen LogP contribution >= 0.6 is 0 Å². The number of hydrogen-bond donors (Lipinski definition) is 2. The lowest BCUT2D eigenvalue weighted by atomic mass is 10.0. The van der Waals surface area contributed by atoms with E-state index in [2.05, 4.69) is 15.5 Å². The molecule has 0 radical (unpaired) electrons. The first-order valence-corrected chi connectivity index (χ1v) is 9.16. The predicted molar refractivity (Wildman–Crippen MR) is 93.6 cm³/mol. The number of rotatable bonds is 5. The fraction of sp³-hybridized carbons (Fsp3) is 0.533. The molecule has 0 aliphatic carbocycles. The lowest BCUT2D eigenvalue weighted by Gasteiger charge is -2.40. The van der Waals surface area contributed by atoms with Crippen molar-refractivity contribution in [3.8, 4) is 0 Å². The van der Waals surface area contributed by atoms with Crippen LogP contribution in [0.4, 0.5) is 16.2 Å². The van der Waals surface area contributed by atoms with Crippen molar-refractivity contribution in [2.45, 2.75) is 19.4 Å². The highest BCUT2D eigenvalue weighted by Crippen LogP contribution is 2.18. The number of anilines is 1. The van der Waals surface area contributed by atoms with Gasteiger partial charge < -0.3 is 10.6 Å². The minimum absolute atomic E-state index is 0.0746. The van der Waals surface area contributed by atoms with Crippen molar-refractivity contribution >= 4 is 28.2 Å². The quantitative estimate of drug-likeness (QED) is 0.617. The van der Waals surface area contributed by atoms with E-state index in [4.69, 9.17) is 0 Å². The molecule has 1 aliphatic heterocycles. The first-order chi connectivity index (χ1) is 11.3. The van der Waals surface area contributed by atoms with Gasteiger partial charge in [0.15, 0.2) is 0 Å². The molecule has 0 bridgehead atoms. The van der Waals surface area contributed by atoms with Crippen molar-refractivity contribution < 1.29 is 13.9 Å². The molecule has 2 rings (SSSR count). The second kappa shape index (κ2) is 7.71. The van der Waals surface area contributed by atoms with Crippen LogP contribution in [-0.2, 0) is 10.8 Å². The summed E-state index contributed by atoms with van der Waals surface area (Å²) in [6.07, 6.45) is 0. The molecule has 8 nitrogen and oxygen atoms in total. The van der Waals surface area contributed by atoms with Gasteiger partial charge in [0.1, 0.15) is 0 Å². The number of hydrogen-bond acceptors (Lipinski definition) is 5. The number of nitrogens with one attached hydrogen (secondary N) is 2. The third-order valence-electron chi connectivity index (χ3n) is 4.03. The normalized spacial score (nSPS) is 16.6. The third kappa shape index (κ3) is 5.00. The number of carbonyl (C=O) groups is 1. The Labute approximate surface area is 143 Å². The Balaban J connectivity index is 1.87. The van der Waals surface area contributed by atoms with Crippen LogP contribution in [-0.4, -0.2) is 56.7 Å². The van der Waals surface area contributed by atoms with Gasteiger partial charge in [0.25, 0.3) is 5.69 Å². The highest BCUT2D eigenvalue weighted by molar-refractivity contribution is 7.85. The van der Waals surface area contributed by atoms with E-state index in [-0.39, 0.29) is 11.2 Å². The molecule has 0 saturated carbocycles. The van der Waals surface area contributed by atoms with Crippen LogP contribution in [0.3, 0.4) is 0 Å². The summed E-state index contributed by atoms with van der Waals surface area (Å²) in [7, 11) is -0.738. The number of non-ortho nitro benzene ring substituents is 1. The van der Waals surface area contributed by atoms with Gasteiger partial charge in [-0.15, -0.1) is 0 Å². The molecular formula is C15H22N4O4S. The molecule has 0 spiro atoms. The van der Waals surface area contributed by atoms with Gasteiger partial charge in [0.2, 0.25) is 0 Å². The molecule has 0 atom stereocenters. The molecule has 0 unspecified atom stereocenters. The van der Waals surface area contributed by atoms with Crippen molar-refractivity contribution in [2.75, 3.05) is 36.5 Å². The Kier molecular flexibility index (Phi) is 5.89. The summed E-state index contributed by atoms with van der Waals surface area (Å²) >= 11 is 0. The highest BCUT2D eigenvalue weighted by Gasteiger charge is 2.29. The lowest BCUT2D eigenvalue weighted by molar-refractivity contribution is -0.384. The van der Waals surface area contributed by atoms with Crippen LogP contribution in [0.2, 0.25) is 0 Å². The summed E-state index contributed by atoms with van der Waals surface area (Å²) in [6.45, 7) is 5.95. The maximum absolute atomic E-state index is 12.0. The molecule has 24 heavy (non-hydrogen) atoms. The minimum Gasteiger partial charge on any atom is -0.336 e. The molecule has 1 aromatic carbocycles. The van der Waals surface area contributed by atoms with Gasteiger partial charge in [-0.25, -0.2) is 4.79 Å². The van der Waals surface area contributed by atoms with Crippen molar-refractivity contribution in [3.63, 3.8) is 0 Å². The molecule has 1 fully saturated rings. The van der Waals surface area contributed by atoms with Crippen molar-refractivity contribution in [1.82, 2.24) is 10.2 Å². The zero-order chi connectivity index (χ0) is 17.7. The van der Waals surface area contributed by atoms with Crippen molar-refractivity contribution in [1.29, 1.82) is 0 Å². The van der Waals surface area contributed by atoms with Gasteiger partial charge in [-0.3, -0.25) is 19.2 Å². The standard InChI is InChI=1S/C15H22N4O4S/c1-15(2,18-6-8-24(23)9-7-18)11-16-14(20)17-12-4-3-5-13(10-12)19(21)22/h3-5,10H,6-9,11H2,1-2H3,(H2,16,17,20). The van der Waals surface area contributed by atoms with Gasteiger partial charge in [0, 0.05) is 65.3 Å². The topological polar surface area (TPSA) is 105 Å². The van der Waals surface area contributed by atoms with Crippen molar-refractivity contribution in [3.05, 3.63) is 34.4 Å². The maximum Gasteiger partial charge on any atom is 0.319 e. The van der Waals surface area contributed by atoms with E-state index in [1.165, 1.54) is 18.2 Å². The highest BCUT2D eigenvalue weighted by atomic mass is 32.2. The van der Waals surface area contributed by atoms with Crippen molar-refractivity contribution in [2.24, 2.45) is 0 Å². The number of nitro groups is 1. The molecule has 2 N–H and O–H groups in total. The monoisotopic (exact) mass is 354 g/mol. The van der Waals surface area contributed by atoms with Gasteiger partial charge in [-0.2, -0.15) is 0 Å². The fourth-order valence-corrected chi connectivity index (χ4v) is 3.58. The molecule has 2 amide bonds. The van der Waals surface area contributed by atoms with Gasteiger partial charge in [0.05, 0.1) is 4.92 Å². The van der Waals surface area contributed by atoms with Crippen LogP contribution in [0.15, 0.2) is 24.3 Å². The van der Waals surface area contributed by atoms with Crippen LogP contribution in [0, 0.1) is 10.1 Å². The van der Waals surface area contributed by atoms with E-state index in [0.29, 0.717) is 23.7 Å². The van der Waals surface area contributed by atoms with Gasteiger partial charge >= 0.3 is 6.03 Å². The van der Waals surface area contributed by atoms with Gasteiger partial charge in [-0.1, -0.05) is 6.07 Å². The minimum atomic E-state index is -0.738. The number of nitro benzene ring substituents is 1. The Hall–Kier alpha value is -2.00. The Morgan fingerprint density at radius 3 is 2.67 bits per heavy atom. The first kappa shape index (κ1) is 18.3. The molecule has 132 valence electrons. The lowest BCUT2D eigenvalue weighted by Crippen LogP contribution is -2.56. The van der Waals surface area contributed by atoms with E-state index in [9.17, 15) is 19.1 Å². The van der Waals surface area contributed by atoms with E-state index in [1.54, 1.807) is 6.07 Å². The van der Waals surface area contributed by atoms with Crippen LogP contribution in [0.5, 0.6) is 0 Å². The zero-order valence-electron chi connectivity index (χ0n) is 13.8. The Morgan fingerprint density at radius 1 is 1.38 bits per heavy atom. The van der Waals surface area contributed by atoms with Crippen LogP contribution in [0.25, 0.3) is 0 Å². The summed E-state index contributed by atoms with van der Waals surface area (Å²) < 4.78 is 11.4. The Bertz CT molecular complexity index is 640. The zero-order valence-corrected chi connectivity index (χ0v) is 14.6. The van der Waals surface area contributed by atoms with E-state index in [1.807, 2.05) is 13.8 Å². The van der Waals surface area contributed by atoms with E-state index < -0.39 is 21.8 Å². The fourth-order valence-electron chi connectivity index (χ4n) is 2.52. The summed E-state index contributed by atoms with van der Waals surface area (Å²) in [5.74, 6) is 1.31. The smallest absolute Gasteiger partial charge is 0.319 e. The molecule has 0 aromatic heterocycles. The number of amides is 2. The van der Waals surface area contributed by atoms with E-state index in [0.717, 1.165) is 13.1 Å². The van der Waals surface area contributed by atoms with Gasteiger partial charge in [-0.05, 0) is 19.9 Å². The molecule has 1 heterocycles. The van der Waals surface area contributed by atoms with Crippen LogP contribution < -0.4 is 10.6 Å². The number of carbonyl (C=O) groups excluding carboxylic acids is 1. The third-order valence-corrected chi connectivity index (χ3v) is 5.31. The SMILES string of the molecule is CC(C)(CNC(=O)Nc1cccc([N+](=O)[O-])c1)N1CCS(=O)CC1. The molecule has 1 saturated heterocycles.